The lowest BCUT2D eigenvalue weighted by Crippen LogP contribution is -1.94. The van der Waals surface area contributed by atoms with Gasteiger partial charge in [0, 0.05) is 74.1 Å². The minimum atomic E-state index is 0.865. The molecule has 0 spiro atoms. The summed E-state index contributed by atoms with van der Waals surface area (Å²) < 4.78 is 2.38. The number of nitrogens with zero attached hydrogens (tertiary/aromatic N) is 5. The number of fused-ring (bicyclic) bond motifs is 7. The zero-order valence-electron chi connectivity index (χ0n) is 27.5. The first kappa shape index (κ1) is 29.0. The summed E-state index contributed by atoms with van der Waals surface area (Å²) in [5.41, 5.74) is 12.3. The Balaban J connectivity index is 1.17. The normalized spacial score (nSPS) is 11.5. The fourth-order valence-corrected chi connectivity index (χ4v) is 7.42. The second kappa shape index (κ2) is 11.9. The van der Waals surface area contributed by atoms with Gasteiger partial charge in [0.1, 0.15) is 0 Å². The van der Waals surface area contributed by atoms with Gasteiger partial charge in [0.2, 0.25) is 0 Å². The highest BCUT2D eigenvalue weighted by atomic mass is 15.0. The van der Waals surface area contributed by atoms with E-state index in [0.717, 1.165) is 66.9 Å². The van der Waals surface area contributed by atoms with Crippen molar-refractivity contribution in [2.24, 2.45) is 0 Å². The Morgan fingerprint density at radius 2 is 1.04 bits per heavy atom. The van der Waals surface area contributed by atoms with Gasteiger partial charge in [0.25, 0.3) is 0 Å². The molecule has 51 heavy (non-hydrogen) atoms. The van der Waals surface area contributed by atoms with Gasteiger partial charge in [-0.25, -0.2) is 9.97 Å². The third-order valence-corrected chi connectivity index (χ3v) is 9.75. The van der Waals surface area contributed by atoms with Gasteiger partial charge < -0.3 is 4.57 Å². The van der Waals surface area contributed by atoms with Gasteiger partial charge in [-0.3, -0.25) is 9.97 Å². The summed E-state index contributed by atoms with van der Waals surface area (Å²) in [6.07, 6.45) is 7.27. The van der Waals surface area contributed by atoms with Crippen molar-refractivity contribution >= 4 is 43.5 Å². The lowest BCUT2D eigenvalue weighted by Gasteiger charge is -2.13. The van der Waals surface area contributed by atoms with E-state index in [9.17, 15) is 0 Å². The van der Waals surface area contributed by atoms with E-state index in [1.54, 1.807) is 12.4 Å². The molecule has 5 heteroatoms. The van der Waals surface area contributed by atoms with Gasteiger partial charge in [-0.15, -0.1) is 0 Å². The van der Waals surface area contributed by atoms with E-state index in [1.165, 1.54) is 27.2 Å². The molecule has 0 atom stereocenters. The summed E-state index contributed by atoms with van der Waals surface area (Å²) in [5, 5.41) is 5.97. The predicted molar refractivity (Wildman–Crippen MR) is 209 cm³/mol. The Morgan fingerprint density at radius 3 is 1.75 bits per heavy atom. The average molecular weight is 652 g/mol. The minimum absolute atomic E-state index is 0.865. The van der Waals surface area contributed by atoms with E-state index < -0.39 is 0 Å². The molecule has 10 aromatic rings. The summed E-state index contributed by atoms with van der Waals surface area (Å²) in [4.78, 5) is 19.0. The lowest BCUT2D eigenvalue weighted by atomic mass is 9.95. The number of benzene rings is 5. The van der Waals surface area contributed by atoms with Crippen LogP contribution < -0.4 is 0 Å². The van der Waals surface area contributed by atoms with E-state index in [4.69, 9.17) is 9.97 Å². The Bertz CT molecular complexity index is 2820. The summed E-state index contributed by atoms with van der Waals surface area (Å²) in [7, 11) is 0. The number of rotatable bonds is 5. The predicted octanol–water partition coefficient (Wildman–Crippen LogP) is 11.3. The number of hydrogen-bond donors (Lipinski definition) is 0. The lowest BCUT2D eigenvalue weighted by molar-refractivity contribution is 1.18. The Hall–Kier alpha value is -6.98. The first-order chi connectivity index (χ1) is 25.3. The van der Waals surface area contributed by atoms with Crippen LogP contribution in [0.2, 0.25) is 0 Å². The van der Waals surface area contributed by atoms with Gasteiger partial charge >= 0.3 is 0 Å². The van der Waals surface area contributed by atoms with Gasteiger partial charge in [-0.2, -0.15) is 0 Å². The van der Waals surface area contributed by atoms with Crippen molar-refractivity contribution < 1.29 is 0 Å². The molecule has 5 nitrogen and oxygen atoms in total. The molecule has 10 rings (SSSR count). The van der Waals surface area contributed by atoms with Gasteiger partial charge in [-0.05, 0) is 77.9 Å². The third-order valence-electron chi connectivity index (χ3n) is 9.75. The highest BCUT2D eigenvalue weighted by Crippen LogP contribution is 2.42. The zero-order valence-corrected chi connectivity index (χ0v) is 27.5. The van der Waals surface area contributed by atoms with E-state index in [1.807, 2.05) is 36.7 Å². The third kappa shape index (κ3) is 4.86. The zero-order chi connectivity index (χ0) is 33.7. The van der Waals surface area contributed by atoms with Crippen LogP contribution in [0.25, 0.3) is 94.1 Å². The largest absolute Gasteiger partial charge is 0.309 e. The van der Waals surface area contributed by atoms with Crippen molar-refractivity contribution in [2.45, 2.75) is 0 Å². The molecule has 5 aromatic carbocycles. The molecular weight excluding hydrogens is 623 g/mol. The van der Waals surface area contributed by atoms with Crippen molar-refractivity contribution in [3.05, 3.63) is 176 Å². The molecule has 0 saturated carbocycles. The van der Waals surface area contributed by atoms with Crippen LogP contribution in [0.5, 0.6) is 0 Å². The second-order valence-corrected chi connectivity index (χ2v) is 12.7. The van der Waals surface area contributed by atoms with E-state index in [2.05, 4.69) is 142 Å². The van der Waals surface area contributed by atoms with Crippen molar-refractivity contribution in [2.75, 3.05) is 0 Å². The van der Waals surface area contributed by atoms with Crippen molar-refractivity contribution in [1.82, 2.24) is 24.5 Å². The monoisotopic (exact) mass is 651 g/mol. The maximum Gasteiger partial charge on any atom is 0.0788 e. The number of para-hydroxylation sites is 3. The maximum atomic E-state index is 5.30. The Kier molecular flexibility index (Phi) is 6.74. The van der Waals surface area contributed by atoms with Crippen LogP contribution in [0.1, 0.15) is 0 Å². The maximum absolute atomic E-state index is 5.30. The number of aromatic nitrogens is 5. The van der Waals surface area contributed by atoms with Gasteiger partial charge in [-0.1, -0.05) is 84.9 Å². The van der Waals surface area contributed by atoms with E-state index in [0.29, 0.717) is 0 Å². The number of hydrogen-bond acceptors (Lipinski definition) is 4. The van der Waals surface area contributed by atoms with Gasteiger partial charge in [0.15, 0.2) is 0 Å². The van der Waals surface area contributed by atoms with Crippen LogP contribution in [0.4, 0.5) is 0 Å². The molecular formula is C46H29N5. The molecule has 5 aromatic heterocycles. The molecule has 0 aliphatic carbocycles. The molecule has 0 aliphatic rings. The Morgan fingerprint density at radius 1 is 0.392 bits per heavy atom. The summed E-state index contributed by atoms with van der Waals surface area (Å²) in [6.45, 7) is 0. The fourth-order valence-electron chi connectivity index (χ4n) is 7.42. The number of pyridine rings is 4. The van der Waals surface area contributed by atoms with E-state index in [-0.39, 0.29) is 0 Å². The molecule has 238 valence electrons. The van der Waals surface area contributed by atoms with Crippen LogP contribution >= 0.6 is 0 Å². The van der Waals surface area contributed by atoms with Crippen LogP contribution in [-0.4, -0.2) is 24.5 Å². The van der Waals surface area contributed by atoms with Gasteiger partial charge in [0.05, 0.1) is 33.6 Å². The standard InChI is InChI=1S/C46H29N5/c1-2-12-35(13-3-1)51-42-17-7-5-15-37(42)45-43(51)23-22-38-44(45)36-14-4-6-16-39(36)50-46(38)31-20-18-30(19-21-31)34-26-40(32-10-8-24-47-28-32)49-41(27-34)33-11-9-25-48-29-33/h1-29H. The smallest absolute Gasteiger partial charge is 0.0788 e. The molecule has 0 amide bonds. The van der Waals surface area contributed by atoms with Crippen LogP contribution in [0, 0.1) is 0 Å². The van der Waals surface area contributed by atoms with Crippen LogP contribution in [0.3, 0.4) is 0 Å². The summed E-state index contributed by atoms with van der Waals surface area (Å²) in [6, 6.07) is 53.4. The molecule has 0 N–H and O–H groups in total. The molecule has 0 aliphatic heterocycles. The topological polar surface area (TPSA) is 56.5 Å². The van der Waals surface area contributed by atoms with E-state index >= 15 is 0 Å². The second-order valence-electron chi connectivity index (χ2n) is 12.7. The molecule has 5 heterocycles. The molecule has 0 unspecified atom stereocenters. The molecule has 0 fully saturated rings. The SMILES string of the molecule is c1ccc(-n2c3ccccc3c3c4c(ccc32)c(-c2ccc(-c3cc(-c5cccnc5)nc(-c5cccnc5)c3)cc2)nc2ccccc24)cc1. The van der Waals surface area contributed by atoms with Crippen molar-refractivity contribution in [1.29, 1.82) is 0 Å². The molecule has 0 saturated heterocycles. The summed E-state index contributed by atoms with van der Waals surface area (Å²) >= 11 is 0. The first-order valence-corrected chi connectivity index (χ1v) is 17.0. The Labute approximate surface area is 294 Å². The first-order valence-electron chi connectivity index (χ1n) is 17.0. The van der Waals surface area contributed by atoms with Crippen molar-refractivity contribution in [3.63, 3.8) is 0 Å². The van der Waals surface area contributed by atoms with Crippen LogP contribution in [0.15, 0.2) is 176 Å². The summed E-state index contributed by atoms with van der Waals surface area (Å²) in [5.74, 6) is 0. The molecule has 0 radical (unpaired) electrons. The molecule has 0 bridgehead atoms. The van der Waals surface area contributed by atoms with Crippen LogP contribution in [-0.2, 0) is 0 Å². The average Bonchev–Trinajstić information content (AvgIpc) is 3.56. The highest BCUT2D eigenvalue weighted by molar-refractivity contribution is 6.29. The fraction of sp³-hybridized carbons (Fsp3) is 0. The highest BCUT2D eigenvalue weighted by Gasteiger charge is 2.19. The quantitative estimate of drug-likeness (QED) is 0.174. The van der Waals surface area contributed by atoms with Crippen molar-refractivity contribution in [3.8, 4) is 50.6 Å². The minimum Gasteiger partial charge on any atom is -0.309 e.